The second-order valence-electron chi connectivity index (χ2n) is 4.86. The fourth-order valence-electron chi connectivity index (χ4n) is 2.34. The van der Waals surface area contributed by atoms with Crippen LogP contribution in [0.2, 0.25) is 0 Å². The fraction of sp³-hybridized carbons (Fsp3) is 0.500. The van der Waals surface area contributed by atoms with Crippen molar-refractivity contribution in [3.63, 3.8) is 0 Å². The molecule has 2 unspecified atom stereocenters. The molecule has 104 valence electrons. The lowest BCUT2D eigenvalue weighted by Crippen LogP contribution is -2.40. The lowest BCUT2D eigenvalue weighted by atomic mass is 10.1. The third kappa shape index (κ3) is 3.66. The highest BCUT2D eigenvalue weighted by molar-refractivity contribution is 6.21. The second kappa shape index (κ2) is 6.33. The lowest BCUT2D eigenvalue weighted by molar-refractivity contribution is 0.0929. The van der Waals surface area contributed by atoms with Gasteiger partial charge in [0.2, 0.25) is 0 Å². The van der Waals surface area contributed by atoms with Crippen molar-refractivity contribution in [2.24, 2.45) is 0 Å². The van der Waals surface area contributed by atoms with Gasteiger partial charge in [0.05, 0.1) is 10.9 Å². The van der Waals surface area contributed by atoms with Crippen molar-refractivity contribution in [3.05, 3.63) is 35.4 Å². The van der Waals surface area contributed by atoms with E-state index in [0.717, 1.165) is 50.3 Å². The number of nitrogens with one attached hydrogen (secondary N) is 1. The van der Waals surface area contributed by atoms with Crippen LogP contribution in [0.3, 0.4) is 0 Å². The van der Waals surface area contributed by atoms with Crippen molar-refractivity contribution in [1.82, 2.24) is 5.32 Å². The Bertz CT molecular complexity index is 467. The Kier molecular flexibility index (Phi) is 4.75. The van der Waals surface area contributed by atoms with Crippen molar-refractivity contribution < 1.29 is 13.6 Å². The van der Waals surface area contributed by atoms with Crippen LogP contribution in [-0.4, -0.2) is 17.3 Å². The number of alkyl halides is 1. The molecule has 0 aliphatic heterocycles. The van der Waals surface area contributed by atoms with Crippen molar-refractivity contribution in [2.45, 2.75) is 43.5 Å². The first-order valence-corrected chi connectivity index (χ1v) is 6.91. The molecule has 1 saturated carbocycles. The van der Waals surface area contributed by atoms with Crippen molar-refractivity contribution in [3.8, 4) is 0 Å². The predicted molar refractivity (Wildman–Crippen MR) is 70.3 cm³/mol. The number of hydrogen-bond donors (Lipinski definition) is 1. The number of carbonyl (C=O) groups excluding carboxylic acids is 1. The lowest BCUT2D eigenvalue weighted by Gasteiger charge is -2.21. The van der Waals surface area contributed by atoms with Crippen molar-refractivity contribution >= 4 is 17.5 Å². The van der Waals surface area contributed by atoms with E-state index < -0.39 is 17.5 Å². The highest BCUT2D eigenvalue weighted by Crippen LogP contribution is 2.23. The summed E-state index contributed by atoms with van der Waals surface area (Å²) in [7, 11) is 0. The topological polar surface area (TPSA) is 29.1 Å². The molecule has 19 heavy (non-hydrogen) atoms. The van der Waals surface area contributed by atoms with E-state index in [0.29, 0.717) is 0 Å². The van der Waals surface area contributed by atoms with Gasteiger partial charge in [-0.15, -0.1) is 11.6 Å². The van der Waals surface area contributed by atoms with Gasteiger partial charge in [0.25, 0.3) is 5.91 Å². The molecule has 1 aliphatic rings. The van der Waals surface area contributed by atoms with E-state index in [1.165, 1.54) is 0 Å². The molecule has 0 bridgehead atoms. The fourth-order valence-corrected chi connectivity index (χ4v) is 2.69. The third-order valence-corrected chi connectivity index (χ3v) is 3.94. The molecule has 5 heteroatoms. The maximum absolute atomic E-state index is 13.5. The molecule has 2 atom stereocenters. The molecule has 0 heterocycles. The average Bonchev–Trinajstić information content (AvgIpc) is 2.58. The first-order valence-electron chi connectivity index (χ1n) is 6.48. The second-order valence-corrected chi connectivity index (χ2v) is 5.42. The summed E-state index contributed by atoms with van der Waals surface area (Å²) in [6, 6.07) is 2.67. The van der Waals surface area contributed by atoms with Gasteiger partial charge in [-0.1, -0.05) is 19.3 Å². The molecule has 0 saturated heterocycles. The molecule has 1 aromatic carbocycles. The Morgan fingerprint density at radius 2 is 1.95 bits per heavy atom. The zero-order chi connectivity index (χ0) is 13.8. The molecule has 2 nitrogen and oxygen atoms in total. The van der Waals surface area contributed by atoms with E-state index in [1.54, 1.807) is 0 Å². The summed E-state index contributed by atoms with van der Waals surface area (Å²) in [5.41, 5.74) is -0.270. The van der Waals surface area contributed by atoms with Crippen molar-refractivity contribution in [2.75, 3.05) is 0 Å². The quantitative estimate of drug-likeness (QED) is 0.653. The molecule has 0 radical (unpaired) electrons. The van der Waals surface area contributed by atoms with Gasteiger partial charge in [0.1, 0.15) is 11.6 Å². The molecule has 2 rings (SSSR count). The van der Waals surface area contributed by atoms with Crippen LogP contribution in [0.5, 0.6) is 0 Å². The zero-order valence-electron chi connectivity index (χ0n) is 10.5. The van der Waals surface area contributed by atoms with Gasteiger partial charge in [-0.2, -0.15) is 0 Å². The number of halogens is 3. The van der Waals surface area contributed by atoms with Gasteiger partial charge < -0.3 is 5.32 Å². The standard InChI is InChI=1S/C14H16ClF2NO/c15-11-4-2-1-3-5-13(11)18-14(19)10-8-9(16)6-7-12(10)17/h6-8,11,13H,1-5H2,(H,18,19). The minimum absolute atomic E-state index is 0.150. The third-order valence-electron chi connectivity index (χ3n) is 3.42. The smallest absolute Gasteiger partial charge is 0.254 e. The Hall–Kier alpha value is -1.16. The Balaban J connectivity index is 2.09. The first-order chi connectivity index (χ1) is 9.08. The van der Waals surface area contributed by atoms with E-state index in [2.05, 4.69) is 5.32 Å². The summed E-state index contributed by atoms with van der Waals surface area (Å²) < 4.78 is 26.5. The summed E-state index contributed by atoms with van der Waals surface area (Å²) in [5.74, 6) is -1.96. The van der Waals surface area contributed by atoms with Crippen LogP contribution in [0, 0.1) is 11.6 Å². The van der Waals surface area contributed by atoms with Crippen LogP contribution in [0.1, 0.15) is 42.5 Å². The largest absolute Gasteiger partial charge is 0.348 e. The highest BCUT2D eigenvalue weighted by Gasteiger charge is 2.24. The molecule has 0 spiro atoms. The molecule has 1 fully saturated rings. The number of benzene rings is 1. The first kappa shape index (κ1) is 14.3. The van der Waals surface area contributed by atoms with Gasteiger partial charge in [-0.25, -0.2) is 8.78 Å². The number of rotatable bonds is 2. The average molecular weight is 288 g/mol. The summed E-state index contributed by atoms with van der Waals surface area (Å²) in [5, 5.41) is 2.57. The van der Waals surface area contributed by atoms with Crippen LogP contribution in [0.25, 0.3) is 0 Å². The number of amides is 1. The normalized spacial score (nSPS) is 23.7. The summed E-state index contributed by atoms with van der Waals surface area (Å²) in [6.45, 7) is 0. The Labute approximate surface area is 116 Å². The van der Waals surface area contributed by atoms with Gasteiger partial charge in [0.15, 0.2) is 0 Å². The van der Waals surface area contributed by atoms with Gasteiger partial charge in [-0.05, 0) is 31.0 Å². The van der Waals surface area contributed by atoms with E-state index in [4.69, 9.17) is 11.6 Å². The number of hydrogen-bond acceptors (Lipinski definition) is 1. The van der Waals surface area contributed by atoms with Gasteiger partial charge in [-0.3, -0.25) is 4.79 Å². The summed E-state index contributed by atoms with van der Waals surface area (Å²) in [6.07, 6.45) is 4.72. The summed E-state index contributed by atoms with van der Waals surface area (Å²) >= 11 is 6.21. The SMILES string of the molecule is O=C(NC1CCCCCC1Cl)c1cc(F)ccc1F. The van der Waals surface area contributed by atoms with Crippen molar-refractivity contribution in [1.29, 1.82) is 0 Å². The van der Waals surface area contributed by atoms with E-state index in [1.807, 2.05) is 0 Å². The number of carbonyl (C=O) groups is 1. The highest BCUT2D eigenvalue weighted by atomic mass is 35.5. The van der Waals surface area contributed by atoms with Crippen LogP contribution < -0.4 is 5.32 Å². The van der Waals surface area contributed by atoms with Crippen LogP contribution in [0.4, 0.5) is 8.78 Å². The Morgan fingerprint density at radius 3 is 2.74 bits per heavy atom. The van der Waals surface area contributed by atoms with Gasteiger partial charge in [0, 0.05) is 6.04 Å². The minimum Gasteiger partial charge on any atom is -0.348 e. The summed E-state index contributed by atoms with van der Waals surface area (Å²) in [4.78, 5) is 12.0. The Morgan fingerprint density at radius 1 is 1.21 bits per heavy atom. The molecular formula is C14H16ClF2NO. The minimum atomic E-state index is -0.723. The molecule has 1 aliphatic carbocycles. The molecule has 1 aromatic rings. The van der Waals surface area contributed by atoms with E-state index in [9.17, 15) is 13.6 Å². The maximum Gasteiger partial charge on any atom is 0.254 e. The molecular weight excluding hydrogens is 272 g/mol. The molecule has 0 aromatic heterocycles. The van der Waals surface area contributed by atoms with Crippen LogP contribution >= 0.6 is 11.6 Å². The zero-order valence-corrected chi connectivity index (χ0v) is 11.2. The van der Waals surface area contributed by atoms with E-state index in [-0.39, 0.29) is 17.0 Å². The van der Waals surface area contributed by atoms with Crippen LogP contribution in [-0.2, 0) is 0 Å². The molecule has 1 amide bonds. The molecule has 1 N–H and O–H groups in total. The monoisotopic (exact) mass is 287 g/mol. The van der Waals surface area contributed by atoms with E-state index >= 15 is 0 Å². The predicted octanol–water partition coefficient (Wildman–Crippen LogP) is 3.63. The van der Waals surface area contributed by atoms with Gasteiger partial charge >= 0.3 is 0 Å². The maximum atomic E-state index is 13.5. The van der Waals surface area contributed by atoms with Crippen LogP contribution in [0.15, 0.2) is 18.2 Å².